The van der Waals surface area contributed by atoms with E-state index in [1.54, 1.807) is 0 Å². The number of nitrogens with one attached hydrogen (secondary N) is 1. The van der Waals surface area contributed by atoms with Crippen molar-refractivity contribution in [3.8, 4) is 0 Å². The third kappa shape index (κ3) is 4.18. The lowest BCUT2D eigenvalue weighted by Gasteiger charge is -2.60. The molecule has 9 heteroatoms. The van der Waals surface area contributed by atoms with Gasteiger partial charge in [-0.2, -0.15) is 0 Å². The van der Waals surface area contributed by atoms with Crippen LogP contribution in [0.3, 0.4) is 0 Å². The Labute approximate surface area is 185 Å². The molecule has 8 nitrogen and oxygen atoms in total. The van der Waals surface area contributed by atoms with E-state index in [4.69, 9.17) is 19.2 Å². The topological polar surface area (TPSA) is 106 Å². The molecule has 1 unspecified atom stereocenters. The fourth-order valence-electron chi connectivity index (χ4n) is 6.42. The Balaban J connectivity index is 1.52. The number of carbonyl (C=O) groups is 1. The van der Waals surface area contributed by atoms with Crippen molar-refractivity contribution in [1.29, 1.82) is 0 Å². The molecule has 4 heterocycles. The van der Waals surface area contributed by atoms with Gasteiger partial charge in [0.2, 0.25) is 11.7 Å². The first-order valence-corrected chi connectivity index (χ1v) is 11.9. The Kier molecular flexibility index (Phi) is 6.49. The predicted octanol–water partition coefficient (Wildman–Crippen LogP) is 2.17. The van der Waals surface area contributed by atoms with E-state index >= 15 is 0 Å². The lowest BCUT2D eigenvalue weighted by atomic mass is 9.57. The molecule has 4 saturated heterocycles. The fourth-order valence-corrected chi connectivity index (χ4v) is 6.42. The third-order valence-electron chi connectivity index (χ3n) is 8.11. The van der Waals surface area contributed by atoms with Crippen LogP contribution in [0, 0.1) is 29.6 Å². The van der Waals surface area contributed by atoms with E-state index in [2.05, 4.69) is 19.2 Å². The number of fused-ring (bicyclic) bond motifs is 2. The zero-order valence-electron chi connectivity index (χ0n) is 19.4. The van der Waals surface area contributed by atoms with Gasteiger partial charge >= 0.3 is 7.12 Å². The van der Waals surface area contributed by atoms with Crippen LogP contribution in [-0.2, 0) is 24.0 Å². The minimum absolute atomic E-state index is 0.0780. The Morgan fingerprint density at radius 1 is 1.16 bits per heavy atom. The minimum atomic E-state index is -1.59. The highest BCUT2D eigenvalue weighted by Crippen LogP contribution is 2.60. The summed E-state index contributed by atoms with van der Waals surface area (Å²) < 4.78 is 12.8. The van der Waals surface area contributed by atoms with Gasteiger partial charge in [0.05, 0.1) is 18.5 Å². The molecular formula is C22H38BNO7. The summed E-state index contributed by atoms with van der Waals surface area (Å²) in [7, 11) is -1.59. The predicted molar refractivity (Wildman–Crippen MR) is 113 cm³/mol. The standard InChI is InChI=1S/C22H38BNO7/c1-12(2)10-18(23(26)27)24-19(25)11-17-14(4)16-7-6-13(3)15-8-9-21(5)29-20(28-17)22(15,16)31-30-21/h12-18,20,26-27H,6-11H2,1-5H3,(H,24,25)/t13-,14-,15+,16+,17-,18?,20-,21-,22-/m1/s1. The molecule has 2 bridgehead atoms. The van der Waals surface area contributed by atoms with Gasteiger partial charge in [-0.15, -0.1) is 0 Å². The SMILES string of the molecule is CC(C)CC(NC(=O)C[C@H]1O[C@@H]2O[C@@]3(C)CC[C@H]4[C@H](C)CC[C@@H]([C@H]1C)[C@@]24OO3)B(O)O. The van der Waals surface area contributed by atoms with Crippen LogP contribution in [0.15, 0.2) is 0 Å². The number of ether oxygens (including phenoxy) is 2. The summed E-state index contributed by atoms with van der Waals surface area (Å²) in [6.45, 7) is 10.2. The van der Waals surface area contributed by atoms with Crippen molar-refractivity contribution >= 4 is 13.0 Å². The maximum Gasteiger partial charge on any atom is 0.475 e. The van der Waals surface area contributed by atoms with E-state index < -0.39 is 30.7 Å². The average Bonchev–Trinajstić information content (AvgIpc) is 2.91. The smallest absolute Gasteiger partial charge is 0.426 e. The lowest BCUT2D eigenvalue weighted by molar-refractivity contribution is -0.570. The Hall–Kier alpha value is -0.705. The van der Waals surface area contributed by atoms with Crippen molar-refractivity contribution in [3.05, 3.63) is 0 Å². The summed E-state index contributed by atoms with van der Waals surface area (Å²) in [5, 5.41) is 22.1. The highest BCUT2D eigenvalue weighted by atomic mass is 17.3. The molecule has 31 heavy (non-hydrogen) atoms. The van der Waals surface area contributed by atoms with Crippen LogP contribution >= 0.6 is 0 Å². The summed E-state index contributed by atoms with van der Waals surface area (Å²) in [5.74, 6) is -0.521. The first-order valence-electron chi connectivity index (χ1n) is 11.9. The van der Waals surface area contributed by atoms with Crippen molar-refractivity contribution < 1.29 is 34.1 Å². The van der Waals surface area contributed by atoms with Crippen LogP contribution in [0.1, 0.15) is 73.1 Å². The number of rotatable bonds is 6. The van der Waals surface area contributed by atoms with Crippen LogP contribution in [0.5, 0.6) is 0 Å². The maximum atomic E-state index is 12.8. The summed E-state index contributed by atoms with van der Waals surface area (Å²) in [6.07, 6.45) is 3.54. The summed E-state index contributed by atoms with van der Waals surface area (Å²) in [6, 6.07) is 0. The molecular weight excluding hydrogens is 401 g/mol. The average molecular weight is 439 g/mol. The van der Waals surface area contributed by atoms with E-state index in [0.717, 1.165) is 25.7 Å². The molecule has 9 atom stereocenters. The molecule has 0 aromatic rings. The highest BCUT2D eigenvalue weighted by Gasteiger charge is 2.69. The number of carbonyl (C=O) groups excluding carboxylic acids is 1. The number of hydrogen-bond acceptors (Lipinski definition) is 7. The second-order valence-corrected chi connectivity index (χ2v) is 10.9. The van der Waals surface area contributed by atoms with Gasteiger partial charge < -0.3 is 24.8 Å². The van der Waals surface area contributed by atoms with Crippen molar-refractivity contribution in [2.24, 2.45) is 29.6 Å². The van der Waals surface area contributed by atoms with Gasteiger partial charge in [0.15, 0.2) is 11.9 Å². The molecule has 5 rings (SSSR count). The zero-order valence-corrected chi connectivity index (χ0v) is 19.4. The van der Waals surface area contributed by atoms with Crippen molar-refractivity contribution in [1.82, 2.24) is 5.32 Å². The van der Waals surface area contributed by atoms with E-state index in [1.807, 2.05) is 20.8 Å². The van der Waals surface area contributed by atoms with Gasteiger partial charge in [0.25, 0.3) is 0 Å². The van der Waals surface area contributed by atoms with Crippen LogP contribution < -0.4 is 5.32 Å². The van der Waals surface area contributed by atoms with Gasteiger partial charge in [0.1, 0.15) is 0 Å². The molecule has 5 fully saturated rings. The maximum absolute atomic E-state index is 12.8. The monoisotopic (exact) mass is 439 g/mol. The van der Waals surface area contributed by atoms with Crippen LogP contribution in [0.4, 0.5) is 0 Å². The van der Waals surface area contributed by atoms with E-state index in [-0.39, 0.29) is 42.1 Å². The van der Waals surface area contributed by atoms with Gasteiger partial charge in [-0.05, 0) is 56.3 Å². The van der Waals surface area contributed by atoms with Crippen molar-refractivity contribution in [2.75, 3.05) is 0 Å². The van der Waals surface area contributed by atoms with Crippen molar-refractivity contribution in [2.45, 2.75) is 103 Å². The van der Waals surface area contributed by atoms with Gasteiger partial charge in [-0.3, -0.25) is 4.79 Å². The first-order chi connectivity index (χ1) is 14.6. The number of amides is 1. The molecule has 0 radical (unpaired) electrons. The molecule has 1 spiro atoms. The fraction of sp³-hybridized carbons (Fsp3) is 0.955. The molecule has 1 amide bonds. The summed E-state index contributed by atoms with van der Waals surface area (Å²) in [5.41, 5.74) is -0.637. The molecule has 3 N–H and O–H groups in total. The van der Waals surface area contributed by atoms with Crippen molar-refractivity contribution in [3.63, 3.8) is 0 Å². The normalized spacial score (nSPS) is 45.0. The number of hydrogen-bond donors (Lipinski definition) is 3. The summed E-state index contributed by atoms with van der Waals surface area (Å²) in [4.78, 5) is 24.8. The highest BCUT2D eigenvalue weighted by molar-refractivity contribution is 6.43. The molecule has 4 aliphatic heterocycles. The van der Waals surface area contributed by atoms with E-state index in [0.29, 0.717) is 12.3 Å². The Morgan fingerprint density at radius 3 is 2.58 bits per heavy atom. The second-order valence-electron chi connectivity index (χ2n) is 10.9. The lowest BCUT2D eigenvalue weighted by Crippen LogP contribution is -2.70. The van der Waals surface area contributed by atoms with Crippen LogP contribution in [0.25, 0.3) is 0 Å². The molecule has 1 aliphatic carbocycles. The molecule has 176 valence electrons. The van der Waals surface area contributed by atoms with Gasteiger partial charge in [-0.25, -0.2) is 9.78 Å². The largest absolute Gasteiger partial charge is 0.475 e. The molecule has 0 aromatic carbocycles. The quantitative estimate of drug-likeness (QED) is 0.430. The summed E-state index contributed by atoms with van der Waals surface area (Å²) >= 11 is 0. The first kappa shape index (κ1) is 23.5. The molecule has 5 aliphatic rings. The zero-order chi connectivity index (χ0) is 22.6. The van der Waals surface area contributed by atoms with Crippen LogP contribution in [-0.4, -0.2) is 52.8 Å². The third-order valence-corrected chi connectivity index (χ3v) is 8.11. The van der Waals surface area contributed by atoms with E-state index in [9.17, 15) is 14.8 Å². The second kappa shape index (κ2) is 8.58. The van der Waals surface area contributed by atoms with Gasteiger partial charge in [-0.1, -0.05) is 27.7 Å². The van der Waals surface area contributed by atoms with Gasteiger partial charge in [0, 0.05) is 12.3 Å². The molecule has 1 saturated carbocycles. The molecule has 0 aromatic heterocycles. The Morgan fingerprint density at radius 2 is 1.90 bits per heavy atom. The van der Waals surface area contributed by atoms with Crippen LogP contribution in [0.2, 0.25) is 0 Å². The Bertz CT molecular complexity index is 678. The minimum Gasteiger partial charge on any atom is -0.426 e. The van der Waals surface area contributed by atoms with E-state index in [1.165, 1.54) is 0 Å².